The zero-order chi connectivity index (χ0) is 20.1. The van der Waals surface area contributed by atoms with Crippen LogP contribution < -0.4 is 15.8 Å². The molecule has 4 aromatic rings. The number of nitrogens with zero attached hydrogens (tertiary/aromatic N) is 1. The maximum absolute atomic E-state index is 13.1. The molecule has 0 aliphatic rings. The Morgan fingerprint density at radius 3 is 1.34 bits per heavy atom. The Bertz CT molecular complexity index is 989. The maximum atomic E-state index is 13.1. The molecule has 0 saturated carbocycles. The third-order valence-electron chi connectivity index (χ3n) is 4.81. The number of hydrogen-bond donors (Lipinski definition) is 0. The van der Waals surface area contributed by atoms with E-state index in [4.69, 9.17) is 3.17 Å². The first-order valence-electron chi connectivity index (χ1n) is 9.30. The SMILES string of the molecule is O=[N+]([O][Sn]([c]1ccccc1)([c]1ccccc1)[c]1ccccc1)c1ccc([O-])cc1. The fourth-order valence-electron chi connectivity index (χ4n) is 3.42. The summed E-state index contributed by atoms with van der Waals surface area (Å²) < 4.78 is 9.49. The molecule has 0 aromatic heterocycles. The summed E-state index contributed by atoms with van der Waals surface area (Å²) in [4.78, 5) is 13.7. The topological polar surface area (TPSA) is 52.4 Å². The summed E-state index contributed by atoms with van der Waals surface area (Å²) in [6.45, 7) is 0. The fourth-order valence-corrected chi connectivity index (χ4v) is 13.9. The van der Waals surface area contributed by atoms with Crippen LogP contribution in [0.1, 0.15) is 0 Å². The van der Waals surface area contributed by atoms with E-state index in [0.29, 0.717) is 10.6 Å². The van der Waals surface area contributed by atoms with Crippen LogP contribution in [-0.4, -0.2) is 23.7 Å². The Kier molecular flexibility index (Phi) is 5.62. The van der Waals surface area contributed by atoms with Crippen LogP contribution in [0, 0.1) is 4.91 Å². The molecule has 0 bridgehead atoms. The van der Waals surface area contributed by atoms with Gasteiger partial charge in [0.1, 0.15) is 0 Å². The van der Waals surface area contributed by atoms with Crippen molar-refractivity contribution in [1.82, 2.24) is 0 Å². The van der Waals surface area contributed by atoms with Gasteiger partial charge in [-0.1, -0.05) is 0 Å². The average Bonchev–Trinajstić information content (AvgIpc) is 2.79. The van der Waals surface area contributed by atoms with Gasteiger partial charge in [-0.15, -0.1) is 0 Å². The second-order valence-electron chi connectivity index (χ2n) is 6.62. The van der Waals surface area contributed by atoms with Crippen LogP contribution in [-0.2, 0) is 3.17 Å². The van der Waals surface area contributed by atoms with E-state index in [-0.39, 0.29) is 5.75 Å². The van der Waals surface area contributed by atoms with Crippen LogP contribution in [0.2, 0.25) is 0 Å². The molecule has 0 atom stereocenters. The fraction of sp³-hybridized carbons (Fsp3) is 0. The Morgan fingerprint density at radius 1 is 0.586 bits per heavy atom. The molecule has 0 spiro atoms. The second kappa shape index (κ2) is 8.49. The number of hydrogen-bond acceptors (Lipinski definition) is 3. The summed E-state index contributed by atoms with van der Waals surface area (Å²) >= 11 is -4.16. The molecule has 0 fully saturated rings. The van der Waals surface area contributed by atoms with Crippen molar-refractivity contribution in [1.29, 1.82) is 0 Å². The van der Waals surface area contributed by atoms with E-state index in [2.05, 4.69) is 0 Å². The number of benzene rings is 4. The quantitative estimate of drug-likeness (QED) is 0.310. The van der Waals surface area contributed by atoms with Crippen LogP contribution in [0.4, 0.5) is 5.69 Å². The Balaban J connectivity index is 1.92. The Labute approximate surface area is 174 Å². The predicted molar refractivity (Wildman–Crippen MR) is 114 cm³/mol. The summed E-state index contributed by atoms with van der Waals surface area (Å²) in [5.41, 5.74) is 0.300. The summed E-state index contributed by atoms with van der Waals surface area (Å²) in [6, 6.07) is 35.6. The van der Waals surface area contributed by atoms with Crippen molar-refractivity contribution in [2.45, 2.75) is 0 Å². The first kappa shape index (κ1) is 19.2. The van der Waals surface area contributed by atoms with Crippen LogP contribution in [0.25, 0.3) is 0 Å². The molecule has 0 N–H and O–H groups in total. The molecule has 0 heterocycles. The van der Waals surface area contributed by atoms with E-state index in [9.17, 15) is 10.0 Å². The molecule has 5 heteroatoms. The summed E-state index contributed by atoms with van der Waals surface area (Å²) in [6.07, 6.45) is 0. The van der Waals surface area contributed by atoms with Gasteiger partial charge < -0.3 is 0 Å². The average molecular weight is 488 g/mol. The second-order valence-corrected chi connectivity index (χ2v) is 16.0. The molecule has 0 aliphatic carbocycles. The van der Waals surface area contributed by atoms with Crippen molar-refractivity contribution >= 4 is 35.2 Å². The van der Waals surface area contributed by atoms with Gasteiger partial charge in [0.2, 0.25) is 0 Å². The van der Waals surface area contributed by atoms with Gasteiger partial charge in [0.15, 0.2) is 0 Å². The summed E-state index contributed by atoms with van der Waals surface area (Å²) in [5.74, 6) is -0.147. The summed E-state index contributed by atoms with van der Waals surface area (Å²) in [7, 11) is 0. The van der Waals surface area contributed by atoms with E-state index in [0.717, 1.165) is 10.7 Å². The van der Waals surface area contributed by atoms with Crippen LogP contribution >= 0.6 is 0 Å². The van der Waals surface area contributed by atoms with Crippen molar-refractivity contribution in [3.8, 4) is 5.75 Å². The van der Waals surface area contributed by atoms with Crippen molar-refractivity contribution in [2.24, 2.45) is 0 Å². The molecule has 29 heavy (non-hydrogen) atoms. The van der Waals surface area contributed by atoms with Crippen LogP contribution in [0.3, 0.4) is 0 Å². The Hall–Kier alpha value is -3.12. The molecular formula is C24H19NO3Sn. The monoisotopic (exact) mass is 489 g/mol. The first-order valence-corrected chi connectivity index (χ1v) is 14.7. The van der Waals surface area contributed by atoms with E-state index >= 15 is 0 Å². The minimum atomic E-state index is -4.16. The molecule has 142 valence electrons. The summed E-state index contributed by atoms with van der Waals surface area (Å²) in [5, 5.41) is 11.4. The zero-order valence-corrected chi connectivity index (χ0v) is 18.5. The third kappa shape index (κ3) is 3.89. The molecule has 0 aliphatic heterocycles. The van der Waals surface area contributed by atoms with E-state index in [1.165, 1.54) is 24.3 Å². The molecule has 0 radical (unpaired) electrons. The predicted octanol–water partition coefficient (Wildman–Crippen LogP) is 2.77. The standard InChI is InChI=1S/C6H5NO3.3C6H5.Sn/c8-6-3-1-5(2-4-6)7(9)10;3*1-2-4-6-5-3-1;/h1-4,8H;3*1-5H;/q;;;;+1/p-1. The van der Waals surface area contributed by atoms with Crippen LogP contribution in [0.5, 0.6) is 5.75 Å². The molecular weight excluding hydrogens is 469 g/mol. The van der Waals surface area contributed by atoms with Gasteiger partial charge in [0.05, 0.1) is 0 Å². The third-order valence-corrected chi connectivity index (χ3v) is 15.9. The van der Waals surface area contributed by atoms with E-state index < -0.39 is 18.8 Å². The van der Waals surface area contributed by atoms with Gasteiger partial charge >= 0.3 is 174 Å². The van der Waals surface area contributed by atoms with Gasteiger partial charge in [-0.05, 0) is 0 Å². The van der Waals surface area contributed by atoms with Gasteiger partial charge in [0.25, 0.3) is 0 Å². The van der Waals surface area contributed by atoms with Gasteiger partial charge in [0, 0.05) is 0 Å². The van der Waals surface area contributed by atoms with Crippen molar-refractivity contribution in [3.63, 3.8) is 0 Å². The van der Waals surface area contributed by atoms with Gasteiger partial charge in [-0.2, -0.15) is 0 Å². The molecule has 0 amide bonds. The first-order chi connectivity index (χ1) is 14.2. The molecule has 0 unspecified atom stereocenters. The number of rotatable bonds is 6. The molecule has 0 saturated heterocycles. The van der Waals surface area contributed by atoms with E-state index in [1.54, 1.807) is 0 Å². The van der Waals surface area contributed by atoms with Gasteiger partial charge in [-0.25, -0.2) is 0 Å². The Morgan fingerprint density at radius 2 is 0.966 bits per heavy atom. The van der Waals surface area contributed by atoms with Gasteiger partial charge in [-0.3, -0.25) is 0 Å². The molecule has 4 nitrogen and oxygen atoms in total. The van der Waals surface area contributed by atoms with Crippen molar-refractivity contribution in [3.05, 3.63) is 120 Å². The molecule has 4 rings (SSSR count). The zero-order valence-electron chi connectivity index (χ0n) is 15.6. The van der Waals surface area contributed by atoms with Crippen molar-refractivity contribution < 1.29 is 13.2 Å². The van der Waals surface area contributed by atoms with E-state index in [1.807, 2.05) is 91.0 Å². The molecule has 4 aromatic carbocycles. The minimum absolute atomic E-state index is 0.147. The van der Waals surface area contributed by atoms with Crippen molar-refractivity contribution in [2.75, 3.05) is 0 Å². The normalized spacial score (nSPS) is 11.0. The van der Waals surface area contributed by atoms with Crippen LogP contribution in [0.15, 0.2) is 115 Å².